The maximum Gasteiger partial charge on any atom is 0.418 e. The highest BCUT2D eigenvalue weighted by Gasteiger charge is 2.33. The summed E-state index contributed by atoms with van der Waals surface area (Å²) in [5, 5.41) is 2.68. The Morgan fingerprint density at radius 1 is 1.00 bits per heavy atom. The summed E-state index contributed by atoms with van der Waals surface area (Å²) in [5.41, 5.74) is -0.936. The molecule has 0 radical (unpaired) electrons. The number of hydrogen-bond donors (Lipinski definition) is 1. The van der Waals surface area contributed by atoms with E-state index in [1.165, 1.54) is 17.0 Å². The van der Waals surface area contributed by atoms with Crippen molar-refractivity contribution in [3.8, 4) is 0 Å². The van der Waals surface area contributed by atoms with E-state index in [1.54, 1.807) is 31.2 Å². The van der Waals surface area contributed by atoms with Crippen LogP contribution in [0.3, 0.4) is 0 Å². The fourth-order valence-electron chi connectivity index (χ4n) is 2.74. The van der Waals surface area contributed by atoms with E-state index in [2.05, 4.69) is 5.32 Å². The Hall–Kier alpha value is -2.87. The molecule has 0 aromatic heterocycles. The van der Waals surface area contributed by atoms with E-state index in [0.29, 0.717) is 10.6 Å². The molecule has 0 heterocycles. The number of rotatable bonds is 8. The molecule has 160 valence electrons. The summed E-state index contributed by atoms with van der Waals surface area (Å²) in [7, 11) is 0. The molecule has 0 aliphatic rings. The average molecular weight is 441 g/mol. The molecule has 0 atom stereocenters. The van der Waals surface area contributed by atoms with Gasteiger partial charge in [-0.3, -0.25) is 14.4 Å². The quantitative estimate of drug-likeness (QED) is 0.599. The molecule has 2 rings (SSSR count). The zero-order valence-electron chi connectivity index (χ0n) is 16.1. The number of carbonyl (C=O) groups excluding carboxylic acids is 3. The van der Waals surface area contributed by atoms with Gasteiger partial charge in [0.05, 0.1) is 17.8 Å². The lowest BCUT2D eigenvalue weighted by Gasteiger charge is -2.21. The van der Waals surface area contributed by atoms with Crippen molar-refractivity contribution in [1.82, 2.24) is 4.90 Å². The van der Waals surface area contributed by atoms with Crippen LogP contribution in [-0.2, 0) is 15.8 Å². The maximum absolute atomic E-state index is 13.0. The molecule has 0 saturated carbocycles. The largest absolute Gasteiger partial charge is 0.418 e. The zero-order chi connectivity index (χ0) is 22.3. The molecule has 0 fully saturated rings. The summed E-state index contributed by atoms with van der Waals surface area (Å²) in [6, 6.07) is 10.8. The van der Waals surface area contributed by atoms with Crippen LogP contribution in [0.5, 0.6) is 0 Å². The molecule has 30 heavy (non-hydrogen) atoms. The monoisotopic (exact) mass is 440 g/mol. The summed E-state index contributed by atoms with van der Waals surface area (Å²) in [6.45, 7) is 1.38. The van der Waals surface area contributed by atoms with Crippen LogP contribution in [0.15, 0.2) is 48.5 Å². The van der Waals surface area contributed by atoms with Gasteiger partial charge in [-0.1, -0.05) is 23.7 Å². The van der Waals surface area contributed by atoms with Crippen LogP contribution in [0.1, 0.15) is 35.7 Å². The fourth-order valence-corrected chi connectivity index (χ4v) is 2.86. The Balaban J connectivity index is 1.94. The normalized spacial score (nSPS) is 11.1. The first-order valence-electron chi connectivity index (χ1n) is 9.14. The number of nitrogens with one attached hydrogen (secondary N) is 1. The van der Waals surface area contributed by atoms with Crippen molar-refractivity contribution >= 4 is 34.9 Å². The van der Waals surface area contributed by atoms with Crippen molar-refractivity contribution in [2.75, 3.05) is 18.4 Å². The average Bonchev–Trinajstić information content (AvgIpc) is 2.70. The molecular formula is C21H20ClF3N2O3. The standard InChI is InChI=1S/C21H20ClF3N2O3/c1-2-27(20(30)12-11-18(28)14-7-9-15(22)10-8-14)13-19(29)26-17-6-4-3-5-16(17)21(23,24)25/h3-10H,2,11-13H2,1H3,(H,26,29). The predicted molar refractivity (Wildman–Crippen MR) is 107 cm³/mol. The van der Waals surface area contributed by atoms with Gasteiger partial charge in [0.2, 0.25) is 11.8 Å². The second-order valence-electron chi connectivity index (χ2n) is 6.43. The van der Waals surface area contributed by atoms with Gasteiger partial charge in [0.15, 0.2) is 5.78 Å². The minimum absolute atomic E-state index is 0.0600. The number of anilines is 1. The number of para-hydroxylation sites is 1. The van der Waals surface area contributed by atoms with E-state index >= 15 is 0 Å². The number of alkyl halides is 3. The van der Waals surface area contributed by atoms with Crippen LogP contribution < -0.4 is 5.32 Å². The van der Waals surface area contributed by atoms with Gasteiger partial charge in [0.25, 0.3) is 0 Å². The molecule has 5 nitrogen and oxygen atoms in total. The Morgan fingerprint density at radius 3 is 2.23 bits per heavy atom. The third-order valence-corrected chi connectivity index (χ3v) is 4.56. The number of likely N-dealkylation sites (N-methyl/N-ethyl adjacent to an activating group) is 1. The highest BCUT2D eigenvalue weighted by atomic mass is 35.5. The Bertz CT molecular complexity index is 914. The summed E-state index contributed by atoms with van der Waals surface area (Å²) >= 11 is 5.77. The molecule has 9 heteroatoms. The number of hydrogen-bond acceptors (Lipinski definition) is 3. The van der Waals surface area contributed by atoms with Crippen LogP contribution >= 0.6 is 11.6 Å². The van der Waals surface area contributed by atoms with Crippen molar-refractivity contribution in [3.05, 3.63) is 64.7 Å². The molecule has 0 spiro atoms. The minimum Gasteiger partial charge on any atom is -0.334 e. The summed E-state index contributed by atoms with van der Waals surface area (Å²) in [5.74, 6) is -1.45. The fraction of sp³-hybridized carbons (Fsp3) is 0.286. The molecule has 2 aromatic rings. The maximum atomic E-state index is 13.0. The van der Waals surface area contributed by atoms with Crippen molar-refractivity contribution in [2.24, 2.45) is 0 Å². The molecule has 0 aliphatic carbocycles. The number of benzene rings is 2. The Morgan fingerprint density at radius 2 is 1.63 bits per heavy atom. The number of Topliss-reactive ketones (excluding diaryl/α,β-unsaturated/α-hetero) is 1. The van der Waals surface area contributed by atoms with E-state index < -0.39 is 30.1 Å². The number of halogens is 4. The first-order chi connectivity index (χ1) is 14.1. The van der Waals surface area contributed by atoms with Gasteiger partial charge in [-0.2, -0.15) is 13.2 Å². The van der Waals surface area contributed by atoms with Crippen LogP contribution in [-0.4, -0.2) is 35.6 Å². The first kappa shape index (κ1) is 23.4. The van der Waals surface area contributed by atoms with E-state index in [0.717, 1.165) is 12.1 Å². The smallest absolute Gasteiger partial charge is 0.334 e. The molecular weight excluding hydrogens is 421 g/mol. The number of ketones is 1. The third-order valence-electron chi connectivity index (χ3n) is 4.31. The van der Waals surface area contributed by atoms with E-state index in [9.17, 15) is 27.6 Å². The van der Waals surface area contributed by atoms with Crippen molar-refractivity contribution in [1.29, 1.82) is 0 Å². The lowest BCUT2D eigenvalue weighted by atomic mass is 10.1. The molecule has 2 amide bonds. The lowest BCUT2D eigenvalue weighted by Crippen LogP contribution is -2.38. The van der Waals surface area contributed by atoms with Crippen LogP contribution in [0.4, 0.5) is 18.9 Å². The van der Waals surface area contributed by atoms with Gasteiger partial charge in [-0.05, 0) is 43.3 Å². The van der Waals surface area contributed by atoms with E-state index in [1.807, 2.05) is 0 Å². The van der Waals surface area contributed by atoms with Gasteiger partial charge < -0.3 is 10.2 Å². The predicted octanol–water partition coefficient (Wildman–Crippen LogP) is 4.81. The van der Waals surface area contributed by atoms with Gasteiger partial charge in [-0.25, -0.2) is 0 Å². The van der Waals surface area contributed by atoms with Gasteiger partial charge in [0, 0.05) is 30.0 Å². The SMILES string of the molecule is CCN(CC(=O)Nc1ccccc1C(F)(F)F)C(=O)CCC(=O)c1ccc(Cl)cc1. The van der Waals surface area contributed by atoms with Gasteiger partial charge in [0.1, 0.15) is 0 Å². The highest BCUT2D eigenvalue weighted by Crippen LogP contribution is 2.34. The summed E-state index contributed by atoms with van der Waals surface area (Å²) in [6.07, 6.45) is -4.80. The first-order valence-corrected chi connectivity index (χ1v) is 9.52. The molecule has 0 saturated heterocycles. The second kappa shape index (κ2) is 10.2. The van der Waals surface area contributed by atoms with Crippen molar-refractivity contribution in [2.45, 2.75) is 25.9 Å². The topological polar surface area (TPSA) is 66.5 Å². The van der Waals surface area contributed by atoms with Crippen LogP contribution in [0.2, 0.25) is 5.02 Å². The minimum atomic E-state index is -4.62. The molecule has 0 unspecified atom stereocenters. The van der Waals surface area contributed by atoms with Crippen LogP contribution in [0.25, 0.3) is 0 Å². The third kappa shape index (κ3) is 6.59. The van der Waals surface area contributed by atoms with E-state index in [4.69, 9.17) is 11.6 Å². The Kier molecular flexibility index (Phi) is 8.00. The zero-order valence-corrected chi connectivity index (χ0v) is 16.9. The molecule has 0 bridgehead atoms. The summed E-state index contributed by atoms with van der Waals surface area (Å²) in [4.78, 5) is 37.9. The van der Waals surface area contributed by atoms with Crippen molar-refractivity contribution < 1.29 is 27.6 Å². The number of carbonyl (C=O) groups is 3. The summed E-state index contributed by atoms with van der Waals surface area (Å²) < 4.78 is 39.1. The van der Waals surface area contributed by atoms with E-state index in [-0.39, 0.29) is 30.9 Å². The van der Waals surface area contributed by atoms with Crippen LogP contribution in [0, 0.1) is 0 Å². The van der Waals surface area contributed by atoms with Gasteiger partial charge >= 0.3 is 6.18 Å². The second-order valence-corrected chi connectivity index (χ2v) is 6.87. The Labute approximate surface area is 176 Å². The molecule has 2 aromatic carbocycles. The molecule has 0 aliphatic heterocycles. The number of nitrogens with zero attached hydrogens (tertiary/aromatic N) is 1. The van der Waals surface area contributed by atoms with Gasteiger partial charge in [-0.15, -0.1) is 0 Å². The highest BCUT2D eigenvalue weighted by molar-refractivity contribution is 6.30. The number of amides is 2. The van der Waals surface area contributed by atoms with Crippen molar-refractivity contribution in [3.63, 3.8) is 0 Å². The lowest BCUT2D eigenvalue weighted by molar-refractivity contribution is -0.137. The molecule has 1 N–H and O–H groups in total.